The van der Waals surface area contributed by atoms with Crippen molar-refractivity contribution in [3.8, 4) is 0 Å². The minimum absolute atomic E-state index is 0.0333. The number of hydrogen-bond donors (Lipinski definition) is 1. The lowest BCUT2D eigenvalue weighted by molar-refractivity contribution is 0.102. The van der Waals surface area contributed by atoms with E-state index in [1.54, 1.807) is 35.9 Å². The van der Waals surface area contributed by atoms with Gasteiger partial charge in [0.2, 0.25) is 5.01 Å². The molecule has 0 radical (unpaired) electrons. The van der Waals surface area contributed by atoms with Gasteiger partial charge in [0.25, 0.3) is 15.9 Å². The molecule has 0 saturated carbocycles. The van der Waals surface area contributed by atoms with Gasteiger partial charge in [-0.25, -0.2) is 13.4 Å². The number of hydrogen-bond acceptors (Lipinski definition) is 7. The molecular formula is C18H19ClN6O3S2. The van der Waals surface area contributed by atoms with Crippen LogP contribution in [0, 0.1) is 0 Å². The molecule has 1 saturated heterocycles. The Morgan fingerprint density at radius 1 is 1.27 bits per heavy atom. The molecule has 3 heterocycles. The highest BCUT2D eigenvalue weighted by Gasteiger charge is 2.34. The number of amides is 1. The van der Waals surface area contributed by atoms with Crippen molar-refractivity contribution in [1.82, 2.24) is 24.1 Å². The van der Waals surface area contributed by atoms with Crippen LogP contribution in [0.1, 0.15) is 33.6 Å². The minimum Gasteiger partial charge on any atom is -0.339 e. The molecule has 2 aromatic heterocycles. The smallest absolute Gasteiger partial charge is 0.286 e. The fraction of sp³-hybridized carbons (Fsp3) is 0.333. The molecule has 1 aliphatic heterocycles. The summed E-state index contributed by atoms with van der Waals surface area (Å²) in [7, 11) is -1.94. The number of aromatic nitrogens is 4. The number of aryl methyl sites for hydroxylation is 1. The summed E-state index contributed by atoms with van der Waals surface area (Å²) in [5.74, 6) is -0.485. The van der Waals surface area contributed by atoms with Crippen LogP contribution in [0.4, 0.5) is 5.69 Å². The lowest BCUT2D eigenvalue weighted by atomic mass is 10.0. The topological polar surface area (TPSA) is 110 Å². The molecule has 0 spiro atoms. The third-order valence-electron chi connectivity index (χ3n) is 4.76. The average Bonchev–Trinajstić information content (AvgIpc) is 3.40. The van der Waals surface area contributed by atoms with Gasteiger partial charge in [-0.05, 0) is 37.1 Å². The van der Waals surface area contributed by atoms with Crippen molar-refractivity contribution in [1.29, 1.82) is 0 Å². The monoisotopic (exact) mass is 466 g/mol. The SMILES string of the molecule is Cn1cnc(S(=O)(=O)N2CCC[C@@H](c3nnc(C(=O)Nc4ccc(Cl)cc4)s3)C2)c1. The standard InChI is InChI=1S/C18H19ClN6O3S2/c1-24-10-15(20-11-24)30(27,28)25-8-2-3-12(9-25)17-22-23-18(29-17)16(26)21-14-6-4-13(19)5-7-14/h4-7,10-12H,2-3,8-9H2,1H3,(H,21,26)/t12-/m1/s1. The number of piperidine rings is 1. The Hall–Kier alpha value is -2.34. The molecule has 9 nitrogen and oxygen atoms in total. The maximum atomic E-state index is 12.9. The lowest BCUT2D eigenvalue weighted by Crippen LogP contribution is -2.39. The van der Waals surface area contributed by atoms with Gasteiger partial charge >= 0.3 is 0 Å². The molecule has 0 unspecified atom stereocenters. The second-order valence-electron chi connectivity index (χ2n) is 6.99. The van der Waals surface area contributed by atoms with Crippen LogP contribution in [-0.2, 0) is 17.1 Å². The van der Waals surface area contributed by atoms with Crippen LogP contribution in [0.2, 0.25) is 5.02 Å². The van der Waals surface area contributed by atoms with Crippen molar-refractivity contribution < 1.29 is 13.2 Å². The Bertz CT molecular complexity index is 1160. The summed E-state index contributed by atoms with van der Waals surface area (Å²) in [5.41, 5.74) is 0.603. The average molecular weight is 467 g/mol. The number of sulfonamides is 1. The highest BCUT2D eigenvalue weighted by Crippen LogP contribution is 2.31. The molecule has 1 amide bonds. The van der Waals surface area contributed by atoms with E-state index in [-0.39, 0.29) is 28.4 Å². The van der Waals surface area contributed by atoms with Crippen LogP contribution in [-0.4, -0.2) is 51.5 Å². The Balaban J connectivity index is 1.46. The lowest BCUT2D eigenvalue weighted by Gasteiger charge is -2.30. The summed E-state index contributed by atoms with van der Waals surface area (Å²) in [5, 5.41) is 12.4. The Morgan fingerprint density at radius 3 is 2.73 bits per heavy atom. The van der Waals surface area contributed by atoms with E-state index in [0.717, 1.165) is 6.42 Å². The molecule has 158 valence electrons. The predicted octanol–water partition coefficient (Wildman–Crippen LogP) is 2.75. The molecule has 1 fully saturated rings. The van der Waals surface area contributed by atoms with Crippen molar-refractivity contribution in [3.05, 3.63) is 51.8 Å². The quantitative estimate of drug-likeness (QED) is 0.619. The van der Waals surface area contributed by atoms with Crippen LogP contribution in [0.25, 0.3) is 0 Å². The van der Waals surface area contributed by atoms with Gasteiger partial charge in [-0.15, -0.1) is 10.2 Å². The zero-order valence-corrected chi connectivity index (χ0v) is 18.4. The van der Waals surface area contributed by atoms with Crippen LogP contribution in [0.5, 0.6) is 0 Å². The molecule has 1 aliphatic rings. The maximum Gasteiger partial charge on any atom is 0.286 e. The van der Waals surface area contributed by atoms with Crippen LogP contribution >= 0.6 is 22.9 Å². The van der Waals surface area contributed by atoms with Gasteiger partial charge in [0, 0.05) is 43.0 Å². The van der Waals surface area contributed by atoms with Crippen molar-refractivity contribution >= 4 is 44.6 Å². The number of anilines is 1. The summed E-state index contributed by atoms with van der Waals surface area (Å²) < 4.78 is 28.8. The third kappa shape index (κ3) is 4.38. The van der Waals surface area contributed by atoms with Crippen molar-refractivity contribution in [2.45, 2.75) is 23.8 Å². The van der Waals surface area contributed by atoms with Crippen LogP contribution in [0.3, 0.4) is 0 Å². The molecule has 3 aromatic rings. The van der Waals surface area contributed by atoms with Gasteiger partial charge in [-0.1, -0.05) is 22.9 Å². The number of rotatable bonds is 5. The largest absolute Gasteiger partial charge is 0.339 e. The molecular weight excluding hydrogens is 448 g/mol. The van der Waals surface area contributed by atoms with E-state index >= 15 is 0 Å². The number of halogens is 1. The number of nitrogens with one attached hydrogen (secondary N) is 1. The predicted molar refractivity (Wildman–Crippen MR) is 113 cm³/mol. The Labute approximate surface area is 182 Å². The number of carbonyl (C=O) groups excluding carboxylic acids is 1. The molecule has 1 aromatic carbocycles. The molecule has 0 bridgehead atoms. The highest BCUT2D eigenvalue weighted by molar-refractivity contribution is 7.89. The summed E-state index contributed by atoms with van der Waals surface area (Å²) in [6.07, 6.45) is 4.43. The molecule has 1 atom stereocenters. The molecule has 0 aliphatic carbocycles. The first kappa shape index (κ1) is 20.9. The summed E-state index contributed by atoms with van der Waals surface area (Å²) in [6.45, 7) is 0.713. The van der Waals surface area contributed by atoms with Crippen molar-refractivity contribution in [3.63, 3.8) is 0 Å². The number of nitrogens with zero attached hydrogens (tertiary/aromatic N) is 5. The Morgan fingerprint density at radius 2 is 2.03 bits per heavy atom. The van der Waals surface area contributed by atoms with Gasteiger partial charge in [0.15, 0.2) is 5.03 Å². The van der Waals surface area contributed by atoms with E-state index in [4.69, 9.17) is 11.6 Å². The van der Waals surface area contributed by atoms with Crippen molar-refractivity contribution in [2.75, 3.05) is 18.4 Å². The zero-order valence-electron chi connectivity index (χ0n) is 16.0. The van der Waals surface area contributed by atoms with E-state index in [9.17, 15) is 13.2 Å². The zero-order chi connectivity index (χ0) is 21.3. The molecule has 30 heavy (non-hydrogen) atoms. The van der Waals surface area contributed by atoms with Crippen molar-refractivity contribution in [2.24, 2.45) is 7.05 Å². The second kappa shape index (κ2) is 8.42. The van der Waals surface area contributed by atoms with Gasteiger partial charge in [0.05, 0.1) is 6.33 Å². The minimum atomic E-state index is -3.67. The fourth-order valence-corrected chi connectivity index (χ4v) is 5.71. The summed E-state index contributed by atoms with van der Waals surface area (Å²) in [4.78, 5) is 16.4. The van der Waals surface area contributed by atoms with Gasteiger partial charge in [-0.2, -0.15) is 4.31 Å². The van der Waals surface area contributed by atoms with E-state index in [1.807, 2.05) is 0 Å². The molecule has 1 N–H and O–H groups in total. The number of carbonyl (C=O) groups is 1. The van der Waals surface area contributed by atoms with Gasteiger partial charge in [0.1, 0.15) is 5.01 Å². The van der Waals surface area contributed by atoms with E-state index < -0.39 is 10.0 Å². The maximum absolute atomic E-state index is 12.9. The Kier molecular flexibility index (Phi) is 5.87. The normalized spacial score (nSPS) is 17.7. The van der Waals surface area contributed by atoms with E-state index in [2.05, 4.69) is 20.5 Å². The molecule has 4 rings (SSSR count). The first-order valence-electron chi connectivity index (χ1n) is 9.21. The summed E-state index contributed by atoms with van der Waals surface area (Å²) in [6, 6.07) is 6.76. The first-order valence-corrected chi connectivity index (χ1v) is 11.8. The number of benzene rings is 1. The van der Waals surface area contributed by atoms with E-state index in [0.29, 0.717) is 28.7 Å². The summed E-state index contributed by atoms with van der Waals surface area (Å²) >= 11 is 7.03. The third-order valence-corrected chi connectivity index (χ3v) is 7.84. The van der Waals surface area contributed by atoms with Gasteiger partial charge in [-0.3, -0.25) is 4.79 Å². The van der Waals surface area contributed by atoms with Gasteiger partial charge < -0.3 is 9.88 Å². The highest BCUT2D eigenvalue weighted by atomic mass is 35.5. The fourth-order valence-electron chi connectivity index (χ4n) is 3.23. The van der Waals surface area contributed by atoms with E-state index in [1.165, 1.54) is 28.2 Å². The van der Waals surface area contributed by atoms with Crippen LogP contribution in [0.15, 0.2) is 41.8 Å². The van der Waals surface area contributed by atoms with Crippen LogP contribution < -0.4 is 5.32 Å². The first-order chi connectivity index (χ1) is 14.3. The second-order valence-corrected chi connectivity index (χ2v) is 10.3. The molecule has 12 heteroatoms. The number of imidazole rings is 1.